The lowest BCUT2D eigenvalue weighted by Gasteiger charge is -2.31. The van der Waals surface area contributed by atoms with E-state index in [1.54, 1.807) is 41.0 Å². The number of hydrogen-bond donors (Lipinski definition) is 2. The van der Waals surface area contributed by atoms with Crippen LogP contribution in [0.15, 0.2) is 41.6 Å². The summed E-state index contributed by atoms with van der Waals surface area (Å²) in [5, 5.41) is 15.4. The molecule has 2 aromatic heterocycles. The summed E-state index contributed by atoms with van der Waals surface area (Å²) in [5.74, 6) is 4.81. The lowest BCUT2D eigenvalue weighted by Crippen LogP contribution is -2.46. The third kappa shape index (κ3) is 4.12. The van der Waals surface area contributed by atoms with Crippen molar-refractivity contribution >= 4 is 24.0 Å². The Balaban J connectivity index is 1.76. The number of pyridine rings is 2. The van der Waals surface area contributed by atoms with Crippen molar-refractivity contribution in [2.75, 3.05) is 26.4 Å². The Hall–Kier alpha value is -3.19. The van der Waals surface area contributed by atoms with E-state index in [9.17, 15) is 18.9 Å². The van der Waals surface area contributed by atoms with E-state index in [4.69, 9.17) is 5.84 Å². The van der Waals surface area contributed by atoms with E-state index < -0.39 is 7.14 Å². The normalized spacial score (nSPS) is 14.8. The number of amides is 1. The molecule has 0 spiro atoms. The summed E-state index contributed by atoms with van der Waals surface area (Å²) in [6, 6.07) is 7.89. The molecule has 1 amide bonds. The van der Waals surface area contributed by atoms with Crippen LogP contribution < -0.4 is 11.3 Å². The first-order chi connectivity index (χ1) is 15.2. The smallest absolute Gasteiger partial charge is 0.274 e. The van der Waals surface area contributed by atoms with Gasteiger partial charge >= 0.3 is 0 Å². The molecule has 10 heteroatoms. The summed E-state index contributed by atoms with van der Waals surface area (Å²) in [7, 11) is -2.43. The van der Waals surface area contributed by atoms with Gasteiger partial charge in [-0.3, -0.25) is 9.78 Å². The number of fused-ring (bicyclic) bond motifs is 2. The molecule has 3 heterocycles. The third-order valence-electron chi connectivity index (χ3n) is 5.58. The molecule has 0 radical (unpaired) electrons. The molecular formula is C22H25FN5O3P. The van der Waals surface area contributed by atoms with E-state index in [1.165, 1.54) is 18.3 Å². The quantitative estimate of drug-likeness (QED) is 0.347. The molecule has 0 bridgehead atoms. The van der Waals surface area contributed by atoms with Gasteiger partial charge in [0.1, 0.15) is 11.3 Å². The summed E-state index contributed by atoms with van der Waals surface area (Å²) < 4.78 is 27.2. The average Bonchev–Trinajstić information content (AvgIpc) is 2.74. The summed E-state index contributed by atoms with van der Waals surface area (Å²) in [5.41, 5.74) is 2.24. The first kappa shape index (κ1) is 22.0. The van der Waals surface area contributed by atoms with E-state index in [0.717, 1.165) is 5.56 Å². The molecule has 1 aliphatic heterocycles. The summed E-state index contributed by atoms with van der Waals surface area (Å²) >= 11 is 0. The molecule has 3 N–H and O–H groups in total. The van der Waals surface area contributed by atoms with Gasteiger partial charge in [-0.1, -0.05) is 12.1 Å². The molecule has 32 heavy (non-hydrogen) atoms. The molecule has 3 aromatic rings. The molecule has 0 saturated carbocycles. The predicted octanol–water partition coefficient (Wildman–Crippen LogP) is 2.48. The van der Waals surface area contributed by atoms with Crippen LogP contribution in [0.5, 0.6) is 5.75 Å². The summed E-state index contributed by atoms with van der Waals surface area (Å²) in [6.07, 6.45) is 2.37. The van der Waals surface area contributed by atoms with Gasteiger partial charge in [-0.05, 0) is 49.1 Å². The molecule has 168 valence electrons. The highest BCUT2D eigenvalue weighted by Crippen LogP contribution is 2.42. The average molecular weight is 457 g/mol. The van der Waals surface area contributed by atoms with E-state index >= 15 is 0 Å². The maximum Gasteiger partial charge on any atom is 0.274 e. The van der Waals surface area contributed by atoms with Crippen LogP contribution in [0, 0.1) is 5.82 Å². The van der Waals surface area contributed by atoms with Crippen molar-refractivity contribution in [2.24, 2.45) is 10.9 Å². The Morgan fingerprint density at radius 3 is 2.59 bits per heavy atom. The highest BCUT2D eigenvalue weighted by atomic mass is 31.2. The lowest BCUT2D eigenvalue weighted by atomic mass is 10.1. The van der Waals surface area contributed by atoms with Crippen LogP contribution in [0.3, 0.4) is 0 Å². The Bertz CT molecular complexity index is 1310. The molecule has 0 unspecified atom stereocenters. The monoisotopic (exact) mass is 457 g/mol. The zero-order valence-corrected chi connectivity index (χ0v) is 18.8. The van der Waals surface area contributed by atoms with E-state index in [-0.39, 0.29) is 28.7 Å². The van der Waals surface area contributed by atoms with Crippen molar-refractivity contribution < 1.29 is 18.9 Å². The van der Waals surface area contributed by atoms with Crippen LogP contribution in [-0.2, 0) is 23.7 Å². The number of carbonyl (C=O) groups excluding carboxylic acids is 1. The van der Waals surface area contributed by atoms with Crippen LogP contribution in [0.1, 0.15) is 21.6 Å². The van der Waals surface area contributed by atoms with Gasteiger partial charge < -0.3 is 25.0 Å². The number of nitrogens with two attached hydrogens (primary N) is 1. The van der Waals surface area contributed by atoms with Gasteiger partial charge in [0, 0.05) is 32.0 Å². The van der Waals surface area contributed by atoms with Gasteiger partial charge in [0.2, 0.25) is 0 Å². The molecular weight excluding hydrogens is 432 g/mol. The molecule has 8 nitrogen and oxygen atoms in total. The van der Waals surface area contributed by atoms with Crippen LogP contribution in [-0.4, -0.2) is 51.9 Å². The van der Waals surface area contributed by atoms with Crippen LogP contribution >= 0.6 is 7.14 Å². The minimum atomic E-state index is -2.43. The number of carbonyl (C=O) groups is 1. The van der Waals surface area contributed by atoms with Gasteiger partial charge in [0.05, 0.1) is 12.5 Å². The second-order valence-electron chi connectivity index (χ2n) is 8.40. The topological polar surface area (TPSA) is 114 Å². The van der Waals surface area contributed by atoms with Crippen molar-refractivity contribution in [2.45, 2.75) is 19.1 Å². The summed E-state index contributed by atoms with van der Waals surface area (Å²) in [4.78, 5) is 19.2. The number of aromatic nitrogens is 2. The van der Waals surface area contributed by atoms with Gasteiger partial charge in [0.15, 0.2) is 16.9 Å². The highest BCUT2D eigenvalue weighted by Gasteiger charge is 2.31. The fourth-order valence-corrected chi connectivity index (χ4v) is 5.21. The molecule has 4 rings (SSSR count). The fourth-order valence-electron chi connectivity index (χ4n) is 4.12. The first-order valence-corrected chi connectivity index (χ1v) is 13.0. The van der Waals surface area contributed by atoms with Crippen molar-refractivity contribution in [1.82, 2.24) is 14.5 Å². The Labute approximate surface area is 184 Å². The number of halogens is 1. The maximum atomic E-state index is 13.3. The van der Waals surface area contributed by atoms with Crippen molar-refractivity contribution in [3.05, 3.63) is 64.7 Å². The fraction of sp³-hybridized carbons (Fsp3) is 0.318. The van der Waals surface area contributed by atoms with Crippen LogP contribution in [0.25, 0.3) is 10.9 Å². The number of rotatable bonds is 5. The molecule has 1 aliphatic rings. The lowest BCUT2D eigenvalue weighted by molar-refractivity contribution is 0.0698. The molecule has 1 aromatic carbocycles. The Morgan fingerprint density at radius 1 is 1.22 bits per heavy atom. The largest absolute Gasteiger partial charge is 0.504 e. The van der Waals surface area contributed by atoms with Gasteiger partial charge in [-0.2, -0.15) is 5.10 Å². The molecule has 0 aliphatic carbocycles. The SMILES string of the molecule is CP(C)(=O)Cc1ccnc2c(O)c3n(/c(=N/N)c12)CCN(CCc1ccc(F)cc1)C3=O. The van der Waals surface area contributed by atoms with E-state index in [2.05, 4.69) is 10.1 Å². The highest BCUT2D eigenvalue weighted by molar-refractivity contribution is 7.61. The molecule has 0 saturated heterocycles. The van der Waals surface area contributed by atoms with Crippen molar-refractivity contribution in [1.29, 1.82) is 0 Å². The van der Waals surface area contributed by atoms with E-state index in [0.29, 0.717) is 48.7 Å². The number of nitrogens with zero attached hydrogens (tertiary/aromatic N) is 4. The van der Waals surface area contributed by atoms with Gasteiger partial charge in [0.25, 0.3) is 5.91 Å². The molecule has 0 fully saturated rings. The predicted molar refractivity (Wildman–Crippen MR) is 120 cm³/mol. The summed E-state index contributed by atoms with van der Waals surface area (Å²) in [6.45, 7) is 4.58. The van der Waals surface area contributed by atoms with Crippen LogP contribution in [0.4, 0.5) is 4.39 Å². The maximum absolute atomic E-state index is 13.3. The second-order valence-corrected chi connectivity index (χ2v) is 11.9. The van der Waals surface area contributed by atoms with Crippen LogP contribution in [0.2, 0.25) is 0 Å². The Morgan fingerprint density at radius 2 is 1.94 bits per heavy atom. The third-order valence-corrected chi connectivity index (χ3v) is 6.68. The van der Waals surface area contributed by atoms with Gasteiger partial charge in [-0.25, -0.2) is 4.39 Å². The number of hydrogen-bond acceptors (Lipinski definition) is 6. The minimum absolute atomic E-state index is 0.0767. The molecule has 0 atom stereocenters. The number of benzene rings is 1. The zero-order valence-electron chi connectivity index (χ0n) is 18.0. The standard InChI is InChI=1S/C22H25FN5O3P/c1-32(2,31)13-15-7-9-25-18-17(15)21(26-24)28-12-11-27(22(30)19(28)20(18)29)10-8-14-3-5-16(23)6-4-14/h3-7,9,29H,8,10-13,24H2,1-2H3/b26-21+. The van der Waals surface area contributed by atoms with Gasteiger partial charge in [-0.15, -0.1) is 0 Å². The first-order valence-electron chi connectivity index (χ1n) is 10.2. The second kappa shape index (κ2) is 8.39. The zero-order chi connectivity index (χ0) is 23.0. The Kier molecular flexibility index (Phi) is 5.77. The van der Waals surface area contributed by atoms with E-state index in [1.807, 2.05) is 0 Å². The van der Waals surface area contributed by atoms with Crippen molar-refractivity contribution in [3.63, 3.8) is 0 Å². The van der Waals surface area contributed by atoms with Crippen molar-refractivity contribution in [3.8, 4) is 5.75 Å². The number of aromatic hydroxyl groups is 1. The minimum Gasteiger partial charge on any atom is -0.504 e.